The van der Waals surface area contributed by atoms with Gasteiger partial charge in [-0.05, 0) is 63.8 Å². The van der Waals surface area contributed by atoms with Crippen molar-refractivity contribution in [1.82, 2.24) is 4.90 Å². The number of halogens is 1. The van der Waals surface area contributed by atoms with Crippen LogP contribution in [0.3, 0.4) is 0 Å². The highest BCUT2D eigenvalue weighted by atomic mass is 79.9. The minimum absolute atomic E-state index is 0.000526. The molecule has 1 aromatic carbocycles. The Bertz CT molecular complexity index is 669. The number of ether oxygens (including phenoxy) is 1. The second-order valence-corrected chi connectivity index (χ2v) is 8.26. The second-order valence-electron chi connectivity index (χ2n) is 7.34. The van der Waals surface area contributed by atoms with Gasteiger partial charge in [-0.2, -0.15) is 0 Å². The number of nitrogens with zero attached hydrogens (tertiary/aromatic N) is 2. The zero-order chi connectivity index (χ0) is 17.5. The van der Waals surface area contributed by atoms with Crippen LogP contribution in [0, 0.1) is 0 Å². The lowest BCUT2D eigenvalue weighted by Gasteiger charge is -2.30. The third kappa shape index (κ3) is 3.43. The van der Waals surface area contributed by atoms with Crippen LogP contribution >= 0.6 is 15.9 Å². The average Bonchev–Trinajstić information content (AvgIpc) is 3.11. The molecular formula is C18H23BrN2O3. The molecule has 2 amide bonds. The molecule has 0 aromatic heterocycles. The third-order valence-corrected chi connectivity index (χ3v) is 4.86. The van der Waals surface area contributed by atoms with Gasteiger partial charge in [-0.1, -0.05) is 15.9 Å². The van der Waals surface area contributed by atoms with E-state index in [9.17, 15) is 9.59 Å². The van der Waals surface area contributed by atoms with Gasteiger partial charge in [0.05, 0.1) is 0 Å². The molecule has 6 heteroatoms. The van der Waals surface area contributed by atoms with Crippen LogP contribution in [-0.2, 0) is 16.0 Å². The normalized spacial score (nSPS) is 20.2. The molecule has 1 fully saturated rings. The molecule has 0 N–H and O–H groups in total. The number of amides is 2. The lowest BCUT2D eigenvalue weighted by molar-refractivity contribution is -0.122. The molecule has 2 aliphatic heterocycles. The Hall–Kier alpha value is -1.56. The number of hydrogen-bond acceptors (Lipinski definition) is 3. The SMILES string of the molecule is CC(C)(C)OC(=O)N1CCCC1C(=O)N1CCc2cc(Br)ccc21. The van der Waals surface area contributed by atoms with E-state index in [4.69, 9.17) is 4.74 Å². The molecule has 0 aliphatic carbocycles. The van der Waals surface area contributed by atoms with Crippen molar-refractivity contribution in [1.29, 1.82) is 0 Å². The summed E-state index contributed by atoms with van der Waals surface area (Å²) in [6, 6.07) is 5.56. The Balaban J connectivity index is 1.77. The van der Waals surface area contributed by atoms with E-state index >= 15 is 0 Å². The first-order valence-corrected chi connectivity index (χ1v) is 9.15. The second kappa shape index (κ2) is 6.39. The molecule has 1 saturated heterocycles. The average molecular weight is 395 g/mol. The van der Waals surface area contributed by atoms with Gasteiger partial charge in [0.2, 0.25) is 5.91 Å². The Labute approximate surface area is 151 Å². The molecule has 0 spiro atoms. The van der Waals surface area contributed by atoms with Crippen molar-refractivity contribution in [3.8, 4) is 0 Å². The first-order valence-electron chi connectivity index (χ1n) is 8.36. The summed E-state index contributed by atoms with van der Waals surface area (Å²) in [6.07, 6.45) is 1.98. The van der Waals surface area contributed by atoms with E-state index in [0.29, 0.717) is 19.5 Å². The largest absolute Gasteiger partial charge is 0.444 e. The molecule has 2 aliphatic rings. The summed E-state index contributed by atoms with van der Waals surface area (Å²) in [5.74, 6) is -0.000526. The molecular weight excluding hydrogens is 372 g/mol. The number of anilines is 1. The van der Waals surface area contributed by atoms with Crippen molar-refractivity contribution in [2.75, 3.05) is 18.0 Å². The summed E-state index contributed by atoms with van der Waals surface area (Å²) in [6.45, 7) is 6.76. The maximum absolute atomic E-state index is 13.0. The summed E-state index contributed by atoms with van der Waals surface area (Å²) < 4.78 is 6.48. The standard InChI is InChI=1S/C18H23BrN2O3/c1-18(2,3)24-17(23)21-9-4-5-15(21)16(22)20-10-8-12-11-13(19)6-7-14(12)20/h6-7,11,15H,4-5,8-10H2,1-3H3. The number of hydrogen-bond donors (Lipinski definition) is 0. The molecule has 0 radical (unpaired) electrons. The summed E-state index contributed by atoms with van der Waals surface area (Å²) in [4.78, 5) is 28.9. The molecule has 24 heavy (non-hydrogen) atoms. The van der Waals surface area contributed by atoms with Crippen LogP contribution < -0.4 is 4.90 Å². The first kappa shape index (κ1) is 17.3. The highest BCUT2D eigenvalue weighted by Crippen LogP contribution is 2.33. The van der Waals surface area contributed by atoms with Crippen molar-refractivity contribution in [2.45, 2.75) is 51.7 Å². The number of carbonyl (C=O) groups excluding carboxylic acids is 2. The molecule has 1 unspecified atom stereocenters. The molecule has 1 aromatic rings. The van der Waals surface area contributed by atoms with E-state index < -0.39 is 17.7 Å². The maximum atomic E-state index is 13.0. The minimum atomic E-state index is -0.556. The van der Waals surface area contributed by atoms with Gasteiger partial charge in [-0.3, -0.25) is 9.69 Å². The summed E-state index contributed by atoms with van der Waals surface area (Å²) in [7, 11) is 0. The van der Waals surface area contributed by atoms with E-state index in [1.807, 2.05) is 37.8 Å². The number of rotatable bonds is 1. The number of likely N-dealkylation sites (tertiary alicyclic amines) is 1. The Morgan fingerprint density at radius 2 is 2.00 bits per heavy atom. The smallest absolute Gasteiger partial charge is 0.410 e. The Morgan fingerprint density at radius 3 is 2.71 bits per heavy atom. The van der Waals surface area contributed by atoms with Crippen molar-refractivity contribution in [2.24, 2.45) is 0 Å². The quantitative estimate of drug-likeness (QED) is 0.728. The predicted molar refractivity (Wildman–Crippen MR) is 96.2 cm³/mol. The fourth-order valence-electron chi connectivity index (χ4n) is 3.34. The molecule has 1 atom stereocenters. The third-order valence-electron chi connectivity index (χ3n) is 4.37. The van der Waals surface area contributed by atoms with Gasteiger partial charge in [0.15, 0.2) is 0 Å². The van der Waals surface area contributed by atoms with Crippen LogP contribution in [-0.4, -0.2) is 41.6 Å². The number of carbonyl (C=O) groups is 2. The Morgan fingerprint density at radius 1 is 1.25 bits per heavy atom. The van der Waals surface area contributed by atoms with Crippen LogP contribution in [0.1, 0.15) is 39.2 Å². The number of fused-ring (bicyclic) bond motifs is 1. The van der Waals surface area contributed by atoms with Crippen molar-refractivity contribution < 1.29 is 14.3 Å². The van der Waals surface area contributed by atoms with Gasteiger partial charge in [0.1, 0.15) is 11.6 Å². The maximum Gasteiger partial charge on any atom is 0.410 e. The summed E-state index contributed by atoms with van der Waals surface area (Å²) >= 11 is 3.47. The van der Waals surface area contributed by atoms with Gasteiger partial charge < -0.3 is 9.64 Å². The fourth-order valence-corrected chi connectivity index (χ4v) is 3.75. The van der Waals surface area contributed by atoms with Crippen LogP contribution in [0.4, 0.5) is 10.5 Å². The molecule has 0 bridgehead atoms. The van der Waals surface area contributed by atoms with Crippen molar-refractivity contribution in [3.63, 3.8) is 0 Å². The summed E-state index contributed by atoms with van der Waals surface area (Å²) in [5, 5.41) is 0. The lowest BCUT2D eigenvalue weighted by atomic mass is 10.1. The molecule has 0 saturated carbocycles. The minimum Gasteiger partial charge on any atom is -0.444 e. The Kier molecular flexibility index (Phi) is 4.60. The number of benzene rings is 1. The van der Waals surface area contributed by atoms with Gasteiger partial charge in [-0.15, -0.1) is 0 Å². The first-order chi connectivity index (χ1) is 11.3. The van der Waals surface area contributed by atoms with Crippen molar-refractivity contribution >= 4 is 33.6 Å². The summed E-state index contributed by atoms with van der Waals surface area (Å²) in [5.41, 5.74) is 1.57. The van der Waals surface area contributed by atoms with Crippen LogP contribution in [0.2, 0.25) is 0 Å². The molecule has 3 rings (SSSR count). The molecule has 2 heterocycles. The fraction of sp³-hybridized carbons (Fsp3) is 0.556. The van der Waals surface area contributed by atoms with E-state index in [-0.39, 0.29) is 5.91 Å². The van der Waals surface area contributed by atoms with Crippen LogP contribution in [0.15, 0.2) is 22.7 Å². The highest BCUT2D eigenvalue weighted by molar-refractivity contribution is 9.10. The molecule has 5 nitrogen and oxygen atoms in total. The predicted octanol–water partition coefficient (Wildman–Crippen LogP) is 3.74. The highest BCUT2D eigenvalue weighted by Gasteiger charge is 2.40. The van der Waals surface area contributed by atoms with E-state index in [1.165, 1.54) is 5.56 Å². The monoisotopic (exact) mass is 394 g/mol. The van der Waals surface area contributed by atoms with E-state index in [0.717, 1.165) is 23.0 Å². The topological polar surface area (TPSA) is 49.9 Å². The van der Waals surface area contributed by atoms with Gasteiger partial charge in [-0.25, -0.2) is 4.79 Å². The van der Waals surface area contributed by atoms with E-state index in [1.54, 1.807) is 4.90 Å². The molecule has 130 valence electrons. The zero-order valence-corrected chi connectivity index (χ0v) is 15.9. The van der Waals surface area contributed by atoms with Gasteiger partial charge >= 0.3 is 6.09 Å². The van der Waals surface area contributed by atoms with Crippen LogP contribution in [0.25, 0.3) is 0 Å². The van der Waals surface area contributed by atoms with Gasteiger partial charge in [0, 0.05) is 23.2 Å². The van der Waals surface area contributed by atoms with Crippen molar-refractivity contribution in [3.05, 3.63) is 28.2 Å². The lowest BCUT2D eigenvalue weighted by Crippen LogP contribution is -2.48. The zero-order valence-electron chi connectivity index (χ0n) is 14.3. The van der Waals surface area contributed by atoms with Gasteiger partial charge in [0.25, 0.3) is 0 Å². The van der Waals surface area contributed by atoms with E-state index in [2.05, 4.69) is 22.0 Å². The van der Waals surface area contributed by atoms with Crippen LogP contribution in [0.5, 0.6) is 0 Å².